The summed E-state index contributed by atoms with van der Waals surface area (Å²) in [5, 5.41) is 3.15. The van der Waals surface area contributed by atoms with Crippen LogP contribution in [0.4, 0.5) is 0 Å². The van der Waals surface area contributed by atoms with Gasteiger partial charge in [0.2, 0.25) is 5.91 Å². The number of carbonyl (C=O) groups excluding carboxylic acids is 1. The molecule has 0 bridgehead atoms. The van der Waals surface area contributed by atoms with Crippen molar-refractivity contribution in [3.8, 4) is 5.75 Å². The molecule has 1 atom stereocenters. The lowest BCUT2D eigenvalue weighted by molar-refractivity contribution is -0.119. The van der Waals surface area contributed by atoms with Crippen molar-refractivity contribution in [2.75, 3.05) is 7.11 Å². The number of hydrogen-bond donors (Lipinski definition) is 1. The van der Waals surface area contributed by atoms with Crippen LogP contribution in [0.1, 0.15) is 44.2 Å². The number of methoxy groups -OCH3 is 1. The van der Waals surface area contributed by atoms with Crippen molar-refractivity contribution in [1.29, 1.82) is 0 Å². The van der Waals surface area contributed by atoms with Crippen LogP contribution in [-0.4, -0.2) is 18.6 Å². The first-order valence-corrected chi connectivity index (χ1v) is 6.97. The Morgan fingerprint density at radius 1 is 1.32 bits per heavy atom. The third-order valence-electron chi connectivity index (χ3n) is 4.99. The van der Waals surface area contributed by atoms with Crippen molar-refractivity contribution in [3.05, 3.63) is 29.3 Å². The minimum absolute atomic E-state index is 0.0772. The lowest BCUT2D eigenvalue weighted by atomic mass is 9.60. The monoisotopic (exact) mass is 259 g/mol. The van der Waals surface area contributed by atoms with Gasteiger partial charge in [-0.2, -0.15) is 0 Å². The maximum Gasteiger partial charge on any atom is 0.221 e. The molecule has 1 aromatic carbocycles. The number of carbonyl (C=O) groups is 1. The maximum absolute atomic E-state index is 12.0. The van der Waals surface area contributed by atoms with Gasteiger partial charge in [-0.1, -0.05) is 6.07 Å². The van der Waals surface area contributed by atoms with Gasteiger partial charge in [0.15, 0.2) is 0 Å². The molecule has 1 unspecified atom stereocenters. The Morgan fingerprint density at radius 2 is 2.11 bits per heavy atom. The van der Waals surface area contributed by atoms with Gasteiger partial charge in [-0.15, -0.1) is 0 Å². The zero-order valence-corrected chi connectivity index (χ0v) is 11.9. The predicted octanol–water partition coefficient (Wildman–Crippen LogP) is 2.57. The Morgan fingerprint density at radius 3 is 2.74 bits per heavy atom. The second-order valence-electron chi connectivity index (χ2n) is 6.31. The van der Waals surface area contributed by atoms with Crippen molar-refractivity contribution in [3.63, 3.8) is 0 Å². The molecule has 1 aromatic rings. The molecule has 1 aliphatic carbocycles. The van der Waals surface area contributed by atoms with Crippen LogP contribution in [0.25, 0.3) is 0 Å². The topological polar surface area (TPSA) is 38.3 Å². The average molecular weight is 259 g/mol. The Labute approximate surface area is 114 Å². The molecule has 102 valence electrons. The molecule has 1 fully saturated rings. The minimum Gasteiger partial charge on any atom is -0.497 e. The van der Waals surface area contributed by atoms with E-state index in [1.807, 2.05) is 6.07 Å². The summed E-state index contributed by atoms with van der Waals surface area (Å²) < 4.78 is 5.37. The smallest absolute Gasteiger partial charge is 0.221 e. The van der Waals surface area contributed by atoms with Gasteiger partial charge in [0, 0.05) is 17.4 Å². The third-order valence-corrected chi connectivity index (χ3v) is 4.99. The highest BCUT2D eigenvalue weighted by molar-refractivity contribution is 5.83. The number of fused-ring (bicyclic) bond motifs is 2. The first-order chi connectivity index (χ1) is 8.98. The van der Waals surface area contributed by atoms with E-state index in [2.05, 4.69) is 31.3 Å². The molecule has 1 saturated heterocycles. The van der Waals surface area contributed by atoms with E-state index in [0.717, 1.165) is 25.0 Å². The first kappa shape index (κ1) is 12.5. The number of ether oxygens (including phenoxy) is 1. The van der Waals surface area contributed by atoms with Crippen LogP contribution in [-0.2, 0) is 16.6 Å². The van der Waals surface area contributed by atoms with Gasteiger partial charge in [0.25, 0.3) is 0 Å². The van der Waals surface area contributed by atoms with Crippen LogP contribution in [0.3, 0.4) is 0 Å². The van der Waals surface area contributed by atoms with Gasteiger partial charge >= 0.3 is 0 Å². The van der Waals surface area contributed by atoms with Crippen LogP contribution in [0.5, 0.6) is 5.75 Å². The molecule has 0 aromatic heterocycles. The molecule has 1 N–H and O–H groups in total. The highest BCUT2D eigenvalue weighted by atomic mass is 16.5. The molecule has 0 saturated carbocycles. The van der Waals surface area contributed by atoms with Gasteiger partial charge in [-0.05, 0) is 56.4 Å². The fraction of sp³-hybridized carbons (Fsp3) is 0.562. The van der Waals surface area contributed by atoms with Crippen LogP contribution in [0.15, 0.2) is 18.2 Å². The number of benzene rings is 1. The summed E-state index contributed by atoms with van der Waals surface area (Å²) in [5.74, 6) is 1.05. The van der Waals surface area contributed by atoms with Crippen molar-refractivity contribution >= 4 is 5.91 Å². The number of amides is 1. The molecular weight excluding hydrogens is 238 g/mol. The van der Waals surface area contributed by atoms with Gasteiger partial charge < -0.3 is 10.1 Å². The number of aryl methyl sites for hydroxylation is 1. The van der Waals surface area contributed by atoms with E-state index >= 15 is 0 Å². The zero-order valence-electron chi connectivity index (χ0n) is 11.9. The Kier molecular flexibility index (Phi) is 2.63. The largest absolute Gasteiger partial charge is 0.497 e. The van der Waals surface area contributed by atoms with E-state index in [1.165, 1.54) is 11.1 Å². The van der Waals surface area contributed by atoms with Gasteiger partial charge in [0.1, 0.15) is 5.75 Å². The third kappa shape index (κ3) is 1.67. The lowest BCUT2D eigenvalue weighted by Gasteiger charge is -2.44. The summed E-state index contributed by atoms with van der Waals surface area (Å²) in [4.78, 5) is 12.0. The second-order valence-corrected chi connectivity index (χ2v) is 6.31. The Bertz CT molecular complexity index is 536. The molecule has 1 aliphatic heterocycles. The van der Waals surface area contributed by atoms with E-state index in [9.17, 15) is 4.79 Å². The van der Waals surface area contributed by atoms with Crippen LogP contribution >= 0.6 is 0 Å². The molecular formula is C16H21NO2. The molecule has 3 rings (SSSR count). The summed E-state index contributed by atoms with van der Waals surface area (Å²) in [5.41, 5.74) is 2.41. The molecule has 1 amide bonds. The van der Waals surface area contributed by atoms with Crippen molar-refractivity contribution in [2.45, 2.75) is 50.5 Å². The average Bonchev–Trinajstić information content (AvgIpc) is 2.59. The van der Waals surface area contributed by atoms with E-state index in [-0.39, 0.29) is 16.9 Å². The number of hydrogen-bond acceptors (Lipinski definition) is 2. The van der Waals surface area contributed by atoms with E-state index in [1.54, 1.807) is 7.11 Å². The lowest BCUT2D eigenvalue weighted by Crippen LogP contribution is -2.51. The van der Waals surface area contributed by atoms with E-state index in [4.69, 9.17) is 4.74 Å². The predicted molar refractivity (Wildman–Crippen MR) is 74.4 cm³/mol. The fourth-order valence-corrected chi connectivity index (χ4v) is 3.90. The molecule has 1 heterocycles. The quantitative estimate of drug-likeness (QED) is 0.841. The highest BCUT2D eigenvalue weighted by Gasteiger charge is 2.54. The zero-order chi connectivity index (χ0) is 13.7. The SMILES string of the molecule is COc1ccc2c(c1)C1(CCC2)CC(=O)NC1(C)C. The number of rotatable bonds is 1. The van der Waals surface area contributed by atoms with E-state index in [0.29, 0.717) is 6.42 Å². The van der Waals surface area contributed by atoms with Crippen LogP contribution < -0.4 is 10.1 Å². The Hall–Kier alpha value is -1.51. The summed E-state index contributed by atoms with van der Waals surface area (Å²) in [6, 6.07) is 6.32. The molecule has 3 heteroatoms. The summed E-state index contributed by atoms with van der Waals surface area (Å²) in [7, 11) is 1.69. The maximum atomic E-state index is 12.0. The first-order valence-electron chi connectivity index (χ1n) is 6.97. The van der Waals surface area contributed by atoms with Crippen molar-refractivity contribution in [1.82, 2.24) is 5.32 Å². The van der Waals surface area contributed by atoms with Crippen molar-refractivity contribution in [2.24, 2.45) is 0 Å². The summed E-state index contributed by atoms with van der Waals surface area (Å²) in [6.07, 6.45) is 3.92. The van der Waals surface area contributed by atoms with E-state index < -0.39 is 0 Å². The molecule has 1 spiro atoms. The Balaban J connectivity index is 2.18. The second kappa shape index (κ2) is 3.99. The van der Waals surface area contributed by atoms with Crippen LogP contribution in [0, 0.1) is 0 Å². The molecule has 0 radical (unpaired) electrons. The minimum atomic E-state index is -0.189. The summed E-state index contributed by atoms with van der Waals surface area (Å²) in [6.45, 7) is 4.29. The molecule has 3 nitrogen and oxygen atoms in total. The highest BCUT2D eigenvalue weighted by Crippen LogP contribution is 2.51. The van der Waals surface area contributed by atoms with Crippen molar-refractivity contribution < 1.29 is 9.53 Å². The molecule has 2 aliphatic rings. The molecule has 19 heavy (non-hydrogen) atoms. The normalized spacial score (nSPS) is 28.1. The van der Waals surface area contributed by atoms with Gasteiger partial charge in [-0.3, -0.25) is 4.79 Å². The number of nitrogens with one attached hydrogen (secondary N) is 1. The summed E-state index contributed by atoms with van der Waals surface area (Å²) >= 11 is 0. The van der Waals surface area contributed by atoms with Gasteiger partial charge in [-0.25, -0.2) is 0 Å². The van der Waals surface area contributed by atoms with Crippen LogP contribution in [0.2, 0.25) is 0 Å². The standard InChI is InChI=1S/C16H21NO2/c1-15(2)16(10-14(18)17-15)8-4-5-11-6-7-12(19-3)9-13(11)16/h6-7,9H,4-5,8,10H2,1-3H3,(H,17,18). The van der Waals surface area contributed by atoms with Gasteiger partial charge in [0.05, 0.1) is 7.11 Å². The fourth-order valence-electron chi connectivity index (χ4n) is 3.90.